The van der Waals surface area contributed by atoms with Crippen LogP contribution in [0, 0.1) is 6.92 Å². The zero-order chi connectivity index (χ0) is 20.0. The van der Waals surface area contributed by atoms with Crippen LogP contribution in [0.15, 0.2) is 36.4 Å². The van der Waals surface area contributed by atoms with Crippen molar-refractivity contribution in [2.45, 2.75) is 40.2 Å². The van der Waals surface area contributed by atoms with Crippen molar-refractivity contribution in [3.63, 3.8) is 0 Å². The van der Waals surface area contributed by atoms with Crippen molar-refractivity contribution < 1.29 is 14.3 Å². The average molecular weight is 369 g/mol. The van der Waals surface area contributed by atoms with Crippen LogP contribution in [-0.2, 0) is 4.74 Å². The molecule has 1 N–H and O–H groups in total. The number of benzene rings is 1. The maximum absolute atomic E-state index is 12.6. The van der Waals surface area contributed by atoms with Gasteiger partial charge < -0.3 is 15.0 Å². The lowest BCUT2D eigenvalue weighted by molar-refractivity contribution is 0.0600. The van der Waals surface area contributed by atoms with Gasteiger partial charge in [0.05, 0.1) is 12.7 Å². The fraction of sp³-hybridized carbons (Fsp3) is 0.381. The van der Waals surface area contributed by atoms with Crippen molar-refractivity contribution in [3.8, 4) is 0 Å². The van der Waals surface area contributed by atoms with Crippen LogP contribution in [0.3, 0.4) is 0 Å². The molecule has 1 amide bonds. The van der Waals surface area contributed by atoms with Gasteiger partial charge in [0.2, 0.25) is 0 Å². The third-order valence-corrected chi connectivity index (χ3v) is 4.24. The van der Waals surface area contributed by atoms with Crippen molar-refractivity contribution in [1.82, 2.24) is 4.98 Å². The van der Waals surface area contributed by atoms with Crippen LogP contribution >= 0.6 is 0 Å². The lowest BCUT2D eigenvalue weighted by Gasteiger charge is -2.27. The molecule has 1 aromatic heterocycles. The number of methoxy groups -OCH3 is 1. The summed E-state index contributed by atoms with van der Waals surface area (Å²) in [4.78, 5) is 31.0. The van der Waals surface area contributed by atoms with Crippen molar-refractivity contribution in [2.24, 2.45) is 0 Å². The molecule has 0 aliphatic rings. The van der Waals surface area contributed by atoms with E-state index >= 15 is 0 Å². The molecule has 0 saturated carbocycles. The smallest absolute Gasteiger partial charge is 0.338 e. The fourth-order valence-corrected chi connectivity index (χ4v) is 2.86. The number of nitrogens with one attached hydrogen (secondary N) is 1. The molecule has 6 heteroatoms. The number of esters is 1. The number of nitrogens with zero attached hydrogens (tertiary/aromatic N) is 2. The molecule has 6 nitrogen and oxygen atoms in total. The Morgan fingerprint density at radius 3 is 2.56 bits per heavy atom. The van der Waals surface area contributed by atoms with E-state index in [-0.39, 0.29) is 5.91 Å². The first-order chi connectivity index (χ1) is 12.9. The highest BCUT2D eigenvalue weighted by Gasteiger charge is 2.15. The molecular formula is C21H27N3O3. The van der Waals surface area contributed by atoms with Gasteiger partial charge in [0.1, 0.15) is 11.5 Å². The first kappa shape index (κ1) is 20.4. The normalized spacial score (nSPS) is 10.6. The van der Waals surface area contributed by atoms with Crippen molar-refractivity contribution in [3.05, 3.63) is 53.2 Å². The Labute approximate surface area is 160 Å². The van der Waals surface area contributed by atoms with Crippen LogP contribution in [0.4, 0.5) is 11.5 Å². The Hall–Kier alpha value is -2.89. The number of hydrogen-bond donors (Lipinski definition) is 1. The topological polar surface area (TPSA) is 71.5 Å². The monoisotopic (exact) mass is 369 g/mol. The van der Waals surface area contributed by atoms with Crippen molar-refractivity contribution in [1.29, 1.82) is 0 Å². The summed E-state index contributed by atoms with van der Waals surface area (Å²) in [6.45, 7) is 9.01. The number of hydrogen-bond acceptors (Lipinski definition) is 5. The lowest BCUT2D eigenvalue weighted by atomic mass is 10.1. The Morgan fingerprint density at radius 2 is 1.96 bits per heavy atom. The minimum absolute atomic E-state index is 0.290. The molecule has 0 atom stereocenters. The maximum atomic E-state index is 12.6. The maximum Gasteiger partial charge on any atom is 0.338 e. The molecule has 1 heterocycles. The summed E-state index contributed by atoms with van der Waals surface area (Å²) in [7, 11) is 1.34. The lowest BCUT2D eigenvalue weighted by Crippen LogP contribution is -2.32. The minimum Gasteiger partial charge on any atom is -0.465 e. The third-order valence-electron chi connectivity index (χ3n) is 4.24. The average Bonchev–Trinajstić information content (AvgIpc) is 2.65. The molecule has 0 unspecified atom stereocenters. The van der Waals surface area contributed by atoms with Crippen LogP contribution in [0.5, 0.6) is 0 Å². The molecule has 1 aromatic carbocycles. The summed E-state index contributed by atoms with van der Waals surface area (Å²) in [6.07, 6.45) is 1.00. The summed E-state index contributed by atoms with van der Waals surface area (Å²) >= 11 is 0. The summed E-state index contributed by atoms with van der Waals surface area (Å²) < 4.78 is 4.74. The number of aryl methyl sites for hydroxylation is 1. The molecule has 0 radical (unpaired) electrons. The van der Waals surface area contributed by atoms with Gasteiger partial charge in [-0.1, -0.05) is 13.0 Å². The quantitative estimate of drug-likeness (QED) is 0.746. The summed E-state index contributed by atoms with van der Waals surface area (Å²) in [5.74, 6) is 0.100. The molecule has 27 heavy (non-hydrogen) atoms. The van der Waals surface area contributed by atoms with E-state index in [1.807, 2.05) is 12.1 Å². The van der Waals surface area contributed by atoms with Crippen molar-refractivity contribution in [2.75, 3.05) is 23.9 Å². The van der Waals surface area contributed by atoms with Gasteiger partial charge in [-0.05, 0) is 63.1 Å². The van der Waals surface area contributed by atoms with Gasteiger partial charge in [0, 0.05) is 18.3 Å². The van der Waals surface area contributed by atoms with Crippen LogP contribution in [0.2, 0.25) is 0 Å². The van der Waals surface area contributed by atoms with E-state index in [0.29, 0.717) is 23.0 Å². The number of carbonyl (C=O) groups excluding carboxylic acids is 2. The van der Waals surface area contributed by atoms with Gasteiger partial charge in [-0.15, -0.1) is 0 Å². The van der Waals surface area contributed by atoms with E-state index in [1.165, 1.54) is 7.11 Å². The predicted molar refractivity (Wildman–Crippen MR) is 107 cm³/mol. The molecule has 0 aliphatic heterocycles. The highest BCUT2D eigenvalue weighted by Crippen LogP contribution is 2.18. The van der Waals surface area contributed by atoms with Crippen LogP contribution < -0.4 is 10.2 Å². The standard InChI is InChI=1S/C21H27N3O3/c1-6-12-24(14(2)3)19-9-7-8-18(23-19)20(25)22-16-10-11-17(15(4)13-16)21(26)27-5/h7-11,13-14H,6,12H2,1-5H3,(H,22,25). The Balaban J connectivity index is 2.20. The molecule has 144 valence electrons. The summed E-state index contributed by atoms with van der Waals surface area (Å²) in [5, 5.41) is 2.84. The molecule has 0 saturated heterocycles. The van der Waals surface area contributed by atoms with E-state index in [1.54, 1.807) is 31.2 Å². The van der Waals surface area contributed by atoms with Gasteiger partial charge in [0.15, 0.2) is 0 Å². The number of carbonyl (C=O) groups is 2. The van der Waals surface area contributed by atoms with Crippen molar-refractivity contribution >= 4 is 23.4 Å². The number of rotatable bonds is 7. The second-order valence-electron chi connectivity index (χ2n) is 6.64. The van der Waals surface area contributed by atoms with E-state index in [9.17, 15) is 9.59 Å². The van der Waals surface area contributed by atoms with Crippen LogP contribution in [0.1, 0.15) is 53.6 Å². The van der Waals surface area contributed by atoms with Gasteiger partial charge in [-0.3, -0.25) is 4.79 Å². The van der Waals surface area contributed by atoms with Crippen LogP contribution in [-0.4, -0.2) is 36.6 Å². The molecule has 0 fully saturated rings. The highest BCUT2D eigenvalue weighted by atomic mass is 16.5. The number of anilines is 2. The van der Waals surface area contributed by atoms with Gasteiger partial charge in [0.25, 0.3) is 5.91 Å². The Bertz CT molecular complexity index is 818. The number of ether oxygens (including phenoxy) is 1. The third kappa shape index (κ3) is 5.06. The number of aromatic nitrogens is 1. The zero-order valence-electron chi connectivity index (χ0n) is 16.6. The fourth-order valence-electron chi connectivity index (χ4n) is 2.86. The van der Waals surface area contributed by atoms with E-state index in [4.69, 9.17) is 4.74 Å². The summed E-state index contributed by atoms with van der Waals surface area (Å²) in [6, 6.07) is 10.8. The Morgan fingerprint density at radius 1 is 1.22 bits per heavy atom. The van der Waals surface area contributed by atoms with Gasteiger partial charge in [-0.25, -0.2) is 9.78 Å². The van der Waals surface area contributed by atoms with Gasteiger partial charge >= 0.3 is 5.97 Å². The molecular weight excluding hydrogens is 342 g/mol. The first-order valence-corrected chi connectivity index (χ1v) is 9.11. The molecule has 0 aliphatic carbocycles. The predicted octanol–water partition coefficient (Wildman–Crippen LogP) is 4.05. The molecule has 0 spiro atoms. The van der Waals surface area contributed by atoms with E-state index < -0.39 is 5.97 Å². The second-order valence-corrected chi connectivity index (χ2v) is 6.64. The molecule has 2 aromatic rings. The minimum atomic E-state index is -0.399. The zero-order valence-corrected chi connectivity index (χ0v) is 16.6. The first-order valence-electron chi connectivity index (χ1n) is 9.11. The number of pyridine rings is 1. The SMILES string of the molecule is CCCN(c1cccc(C(=O)Nc2ccc(C(=O)OC)c(C)c2)n1)C(C)C. The molecule has 0 bridgehead atoms. The largest absolute Gasteiger partial charge is 0.465 e. The van der Waals surface area contributed by atoms with Gasteiger partial charge in [-0.2, -0.15) is 0 Å². The Kier molecular flexibility index (Phi) is 6.93. The summed E-state index contributed by atoms with van der Waals surface area (Å²) in [5.41, 5.74) is 2.16. The molecule has 2 rings (SSSR count). The number of amides is 1. The van der Waals surface area contributed by atoms with E-state index in [2.05, 4.69) is 36.0 Å². The highest BCUT2D eigenvalue weighted by molar-refractivity contribution is 6.03. The second kappa shape index (κ2) is 9.16. The van der Waals surface area contributed by atoms with Crippen LogP contribution in [0.25, 0.3) is 0 Å². The van der Waals surface area contributed by atoms with E-state index in [0.717, 1.165) is 24.3 Å².